The lowest BCUT2D eigenvalue weighted by atomic mass is 9.87. The van der Waals surface area contributed by atoms with Crippen LogP contribution in [0.4, 0.5) is 11.4 Å². The van der Waals surface area contributed by atoms with Crippen LogP contribution in [0.3, 0.4) is 0 Å². The normalized spacial score (nSPS) is 19.9. The molecule has 194 valence electrons. The Morgan fingerprint density at radius 3 is 1.70 bits per heavy atom. The molecule has 5 aromatic rings. The van der Waals surface area contributed by atoms with Gasteiger partial charge in [0.25, 0.3) is 0 Å². The van der Waals surface area contributed by atoms with Crippen molar-refractivity contribution in [2.24, 2.45) is 5.92 Å². The van der Waals surface area contributed by atoms with Crippen LogP contribution in [0, 0.1) is 5.92 Å². The van der Waals surface area contributed by atoms with Gasteiger partial charge in [0.1, 0.15) is 11.5 Å². The summed E-state index contributed by atoms with van der Waals surface area (Å²) >= 11 is 0. The number of fused-ring (bicyclic) bond motifs is 5. The van der Waals surface area contributed by atoms with Crippen LogP contribution < -0.4 is 25.6 Å². The van der Waals surface area contributed by atoms with Gasteiger partial charge in [-0.2, -0.15) is 0 Å². The summed E-state index contributed by atoms with van der Waals surface area (Å²) in [6, 6.07) is 41.0. The van der Waals surface area contributed by atoms with E-state index in [4.69, 9.17) is 4.42 Å². The lowest BCUT2D eigenvalue weighted by molar-refractivity contribution is 0.531. The molecule has 0 N–H and O–H groups in total. The molecule has 3 aliphatic rings. The number of furan rings is 1. The molecule has 0 spiro atoms. The zero-order chi connectivity index (χ0) is 26.7. The fourth-order valence-corrected chi connectivity index (χ4v) is 12.5. The lowest BCUT2D eigenvalue weighted by Gasteiger charge is -2.47. The Labute approximate surface area is 236 Å². The van der Waals surface area contributed by atoms with Crippen LogP contribution in [0.2, 0.25) is 0 Å². The number of para-hydroxylation sites is 2. The molecule has 0 saturated carbocycles. The SMILES string of the molecule is CC1C=Cc2oc3c(c2C1)CC(N1c2ccccc2[Si](c2ccccc2)(c2ccccc2)c2ccccc21)C=C3. The fraction of sp³-hybridized carbons (Fsp3) is 0.135. The molecule has 8 rings (SSSR count). The lowest BCUT2D eigenvalue weighted by Crippen LogP contribution is -2.77. The molecule has 1 aliphatic heterocycles. The second-order valence-corrected chi connectivity index (χ2v) is 15.1. The number of hydrogen-bond donors (Lipinski definition) is 0. The van der Waals surface area contributed by atoms with Gasteiger partial charge in [0.2, 0.25) is 0 Å². The molecule has 2 atom stereocenters. The Balaban J connectivity index is 1.36. The summed E-state index contributed by atoms with van der Waals surface area (Å²) in [6.07, 6.45) is 11.0. The zero-order valence-corrected chi connectivity index (χ0v) is 23.6. The van der Waals surface area contributed by atoms with Gasteiger partial charge in [-0.3, -0.25) is 0 Å². The van der Waals surface area contributed by atoms with Crippen LogP contribution in [-0.4, -0.2) is 14.1 Å². The molecule has 2 heterocycles. The molecule has 0 saturated heterocycles. The molecule has 3 heteroatoms. The molecule has 0 fully saturated rings. The highest BCUT2D eigenvalue weighted by Gasteiger charge is 2.49. The largest absolute Gasteiger partial charge is 0.457 e. The van der Waals surface area contributed by atoms with Crippen molar-refractivity contribution in [2.45, 2.75) is 25.8 Å². The Bertz CT molecular complexity index is 1690. The quantitative estimate of drug-likeness (QED) is 0.267. The molecule has 2 nitrogen and oxygen atoms in total. The van der Waals surface area contributed by atoms with Gasteiger partial charge in [0.05, 0.1) is 6.04 Å². The number of anilines is 2. The van der Waals surface area contributed by atoms with Gasteiger partial charge in [-0.15, -0.1) is 0 Å². The molecule has 40 heavy (non-hydrogen) atoms. The van der Waals surface area contributed by atoms with Gasteiger partial charge < -0.3 is 9.32 Å². The summed E-state index contributed by atoms with van der Waals surface area (Å²) in [6.45, 7) is 2.30. The van der Waals surface area contributed by atoms with Gasteiger partial charge in [0.15, 0.2) is 8.07 Å². The van der Waals surface area contributed by atoms with Crippen LogP contribution in [0.5, 0.6) is 0 Å². The number of nitrogens with zero attached hydrogens (tertiary/aromatic N) is 1. The van der Waals surface area contributed by atoms with Crippen LogP contribution in [0.15, 0.2) is 126 Å². The average Bonchev–Trinajstić information content (AvgIpc) is 3.38. The van der Waals surface area contributed by atoms with Crippen molar-refractivity contribution in [3.8, 4) is 0 Å². The summed E-state index contributed by atoms with van der Waals surface area (Å²) in [5, 5.41) is 5.76. The molecule has 1 aromatic heterocycles. The minimum Gasteiger partial charge on any atom is -0.457 e. The zero-order valence-electron chi connectivity index (χ0n) is 22.6. The molecule has 2 unspecified atom stereocenters. The molecule has 4 aromatic carbocycles. The third kappa shape index (κ3) is 3.34. The third-order valence-corrected chi connectivity index (χ3v) is 13.9. The first-order chi connectivity index (χ1) is 19.7. The Hall–Kier alpha value is -4.34. The maximum atomic E-state index is 6.31. The Morgan fingerprint density at radius 2 is 1.10 bits per heavy atom. The fourth-order valence-electron chi connectivity index (χ4n) is 7.35. The van der Waals surface area contributed by atoms with Crippen LogP contribution in [0.25, 0.3) is 12.2 Å². The number of hydrogen-bond acceptors (Lipinski definition) is 2. The van der Waals surface area contributed by atoms with Crippen LogP contribution in [0.1, 0.15) is 29.6 Å². The second-order valence-electron chi connectivity index (χ2n) is 11.3. The van der Waals surface area contributed by atoms with Crippen molar-refractivity contribution >= 4 is 52.3 Å². The van der Waals surface area contributed by atoms with E-state index in [0.717, 1.165) is 24.4 Å². The highest BCUT2D eigenvalue weighted by Crippen LogP contribution is 2.40. The maximum absolute atomic E-state index is 6.31. The standard InChI is InChI=1S/C37H31NOSi/c1-26-20-22-34-30(24-26)31-25-27(21-23-35(31)39-34)38-32-16-8-10-18-36(32)40(28-12-4-2-5-13-28,29-14-6-3-7-15-29)37-19-11-9-17-33(37)38/h2-23,26-27H,24-25H2,1H3. The van der Waals surface area contributed by atoms with E-state index in [1.165, 1.54) is 43.2 Å². The van der Waals surface area contributed by atoms with Crippen molar-refractivity contribution in [3.05, 3.63) is 144 Å². The topological polar surface area (TPSA) is 16.4 Å². The minimum absolute atomic E-state index is 0.205. The van der Waals surface area contributed by atoms with E-state index < -0.39 is 8.07 Å². The summed E-state index contributed by atoms with van der Waals surface area (Å²) in [5.74, 6) is 2.63. The van der Waals surface area contributed by atoms with E-state index >= 15 is 0 Å². The molecule has 2 aliphatic carbocycles. The van der Waals surface area contributed by atoms with E-state index in [9.17, 15) is 0 Å². The first kappa shape index (κ1) is 23.5. The van der Waals surface area contributed by atoms with E-state index in [-0.39, 0.29) is 6.04 Å². The van der Waals surface area contributed by atoms with Crippen molar-refractivity contribution in [1.82, 2.24) is 0 Å². The average molecular weight is 534 g/mol. The van der Waals surface area contributed by atoms with Crippen molar-refractivity contribution in [3.63, 3.8) is 0 Å². The van der Waals surface area contributed by atoms with Crippen molar-refractivity contribution < 1.29 is 4.42 Å². The van der Waals surface area contributed by atoms with Crippen molar-refractivity contribution in [2.75, 3.05) is 4.90 Å². The van der Waals surface area contributed by atoms with E-state index in [1.54, 1.807) is 0 Å². The van der Waals surface area contributed by atoms with Gasteiger partial charge in [-0.05, 0) is 57.4 Å². The Kier molecular flexibility index (Phi) is 5.36. The monoisotopic (exact) mass is 533 g/mol. The van der Waals surface area contributed by atoms with Gasteiger partial charge >= 0.3 is 0 Å². The molecule has 0 amide bonds. The number of benzene rings is 4. The number of allylic oxidation sites excluding steroid dienone is 1. The van der Waals surface area contributed by atoms with Gasteiger partial charge in [-0.1, -0.05) is 116 Å². The summed E-state index contributed by atoms with van der Waals surface area (Å²) in [4.78, 5) is 2.61. The molecular weight excluding hydrogens is 502 g/mol. The predicted octanol–water partition coefficient (Wildman–Crippen LogP) is 5.95. The smallest absolute Gasteiger partial charge is 0.183 e. The van der Waals surface area contributed by atoms with E-state index in [0.29, 0.717) is 5.92 Å². The third-order valence-electron chi connectivity index (χ3n) is 9.04. The van der Waals surface area contributed by atoms with Crippen LogP contribution in [-0.2, 0) is 12.8 Å². The van der Waals surface area contributed by atoms with Gasteiger partial charge in [0, 0.05) is 28.9 Å². The summed E-state index contributed by atoms with van der Waals surface area (Å²) in [7, 11) is -2.57. The number of rotatable bonds is 3. The first-order valence-corrected chi connectivity index (χ1v) is 16.4. The highest BCUT2D eigenvalue weighted by molar-refractivity contribution is 7.21. The second kappa shape index (κ2) is 9.11. The molecular formula is C37H31NOSi. The van der Waals surface area contributed by atoms with Crippen molar-refractivity contribution in [1.29, 1.82) is 0 Å². The first-order valence-electron chi connectivity index (χ1n) is 14.4. The van der Waals surface area contributed by atoms with Crippen LogP contribution >= 0.6 is 0 Å². The highest BCUT2D eigenvalue weighted by atomic mass is 28.3. The van der Waals surface area contributed by atoms with Gasteiger partial charge in [-0.25, -0.2) is 0 Å². The molecule has 0 bridgehead atoms. The predicted molar refractivity (Wildman–Crippen MR) is 169 cm³/mol. The Morgan fingerprint density at radius 1 is 0.600 bits per heavy atom. The molecule has 0 radical (unpaired) electrons. The van der Waals surface area contributed by atoms with E-state index in [1.807, 2.05) is 0 Å². The summed E-state index contributed by atoms with van der Waals surface area (Å²) in [5.41, 5.74) is 5.43. The summed E-state index contributed by atoms with van der Waals surface area (Å²) < 4.78 is 6.31. The van der Waals surface area contributed by atoms with E-state index in [2.05, 4.69) is 145 Å². The maximum Gasteiger partial charge on any atom is 0.183 e. The minimum atomic E-state index is -2.57.